The summed E-state index contributed by atoms with van der Waals surface area (Å²) < 4.78 is 0. The van der Waals surface area contributed by atoms with Crippen molar-refractivity contribution < 1.29 is 4.79 Å². The maximum absolute atomic E-state index is 11.3. The monoisotopic (exact) mass is 200 g/mol. The van der Waals surface area contributed by atoms with Crippen molar-refractivity contribution in [3.05, 3.63) is 0 Å². The smallest absolute Gasteiger partial charge is 0.204 e. The number of thioether (sulfide) groups is 1. The summed E-state index contributed by atoms with van der Waals surface area (Å²) in [6.07, 6.45) is 2.24. The Morgan fingerprint density at radius 1 is 1.31 bits per heavy atom. The molecule has 0 aliphatic carbocycles. The number of hydrogen-bond acceptors (Lipinski definition) is 4. The molecule has 0 amide bonds. The van der Waals surface area contributed by atoms with E-state index in [0.717, 1.165) is 25.9 Å². The summed E-state index contributed by atoms with van der Waals surface area (Å²) in [5.74, 6) is 0. The van der Waals surface area contributed by atoms with E-state index in [1.807, 2.05) is 0 Å². The first kappa shape index (κ1) is 9.49. The van der Waals surface area contributed by atoms with E-state index in [0.29, 0.717) is 11.7 Å². The zero-order valence-electron chi connectivity index (χ0n) is 8.25. The van der Waals surface area contributed by atoms with Gasteiger partial charge in [0.15, 0.2) is 0 Å². The predicted molar refractivity (Wildman–Crippen MR) is 54.7 cm³/mol. The maximum Gasteiger partial charge on any atom is 0.204 e. The molecule has 0 N–H and O–H groups in total. The van der Waals surface area contributed by atoms with Crippen LogP contribution in [0.5, 0.6) is 0 Å². The average molecular weight is 200 g/mol. The highest BCUT2D eigenvalue weighted by atomic mass is 32.2. The van der Waals surface area contributed by atoms with Crippen LogP contribution in [0.3, 0.4) is 0 Å². The molecular formula is C9H16N2OS. The normalized spacial score (nSPS) is 30.2. The maximum atomic E-state index is 11.3. The Balaban J connectivity index is 2.08. The van der Waals surface area contributed by atoms with Gasteiger partial charge in [-0.05, 0) is 26.9 Å². The number of likely N-dealkylation sites (tertiary alicyclic amines) is 1. The Morgan fingerprint density at radius 3 is 2.38 bits per heavy atom. The molecule has 4 heteroatoms. The highest BCUT2D eigenvalue weighted by Gasteiger charge is 2.45. The molecule has 2 saturated heterocycles. The molecule has 1 spiro atoms. The zero-order valence-corrected chi connectivity index (χ0v) is 9.06. The third-order valence-corrected chi connectivity index (χ3v) is 4.59. The van der Waals surface area contributed by atoms with Crippen molar-refractivity contribution in [1.29, 1.82) is 0 Å². The SMILES string of the molecule is CN1CCC2(CC1)SC(=O)CN2C. The molecule has 0 saturated carbocycles. The van der Waals surface area contributed by atoms with E-state index >= 15 is 0 Å². The molecule has 2 heterocycles. The first-order chi connectivity index (χ1) is 6.12. The average Bonchev–Trinajstić information content (AvgIpc) is 2.34. The first-order valence-electron chi connectivity index (χ1n) is 4.74. The molecule has 13 heavy (non-hydrogen) atoms. The van der Waals surface area contributed by atoms with Gasteiger partial charge in [0.05, 0.1) is 11.4 Å². The lowest BCUT2D eigenvalue weighted by atomic mass is 10.0. The van der Waals surface area contributed by atoms with Gasteiger partial charge in [0.2, 0.25) is 5.12 Å². The minimum absolute atomic E-state index is 0.142. The zero-order chi connectivity index (χ0) is 9.47. The summed E-state index contributed by atoms with van der Waals surface area (Å²) in [4.78, 5) is 16.0. The van der Waals surface area contributed by atoms with Crippen molar-refractivity contribution in [2.45, 2.75) is 17.7 Å². The van der Waals surface area contributed by atoms with Crippen molar-refractivity contribution in [1.82, 2.24) is 9.80 Å². The molecule has 0 radical (unpaired) electrons. The molecule has 0 atom stereocenters. The summed E-state index contributed by atoms with van der Waals surface area (Å²) >= 11 is 1.56. The minimum Gasteiger partial charge on any atom is -0.306 e. The van der Waals surface area contributed by atoms with Crippen molar-refractivity contribution in [3.63, 3.8) is 0 Å². The van der Waals surface area contributed by atoms with Gasteiger partial charge in [0, 0.05) is 13.1 Å². The van der Waals surface area contributed by atoms with E-state index < -0.39 is 0 Å². The predicted octanol–water partition coefficient (Wildman–Crippen LogP) is 0.613. The van der Waals surface area contributed by atoms with Gasteiger partial charge in [0.1, 0.15) is 0 Å². The lowest BCUT2D eigenvalue weighted by molar-refractivity contribution is -0.111. The van der Waals surface area contributed by atoms with Crippen LogP contribution in [0.4, 0.5) is 0 Å². The summed E-state index contributed by atoms with van der Waals surface area (Å²) in [5.41, 5.74) is 0. The molecule has 2 aliphatic rings. The fraction of sp³-hybridized carbons (Fsp3) is 0.889. The van der Waals surface area contributed by atoms with Crippen LogP contribution in [0.1, 0.15) is 12.8 Å². The van der Waals surface area contributed by atoms with E-state index in [1.54, 1.807) is 11.8 Å². The Kier molecular flexibility index (Phi) is 2.38. The van der Waals surface area contributed by atoms with Crippen LogP contribution in [0.15, 0.2) is 0 Å². The summed E-state index contributed by atoms with van der Waals surface area (Å²) in [6.45, 7) is 2.86. The quantitative estimate of drug-likeness (QED) is 0.572. The topological polar surface area (TPSA) is 23.6 Å². The van der Waals surface area contributed by atoms with Gasteiger partial charge >= 0.3 is 0 Å². The van der Waals surface area contributed by atoms with E-state index in [9.17, 15) is 4.79 Å². The van der Waals surface area contributed by atoms with Gasteiger partial charge < -0.3 is 4.90 Å². The van der Waals surface area contributed by atoms with Crippen LogP contribution in [0.2, 0.25) is 0 Å². The lowest BCUT2D eigenvalue weighted by Gasteiger charge is -2.40. The first-order valence-corrected chi connectivity index (χ1v) is 5.56. The van der Waals surface area contributed by atoms with E-state index in [4.69, 9.17) is 0 Å². The fourth-order valence-electron chi connectivity index (χ4n) is 2.11. The minimum atomic E-state index is 0.142. The van der Waals surface area contributed by atoms with Crippen LogP contribution >= 0.6 is 11.8 Å². The number of piperidine rings is 1. The molecule has 0 aromatic heterocycles. The number of hydrogen-bond donors (Lipinski definition) is 0. The number of carbonyl (C=O) groups is 1. The molecule has 2 fully saturated rings. The van der Waals surface area contributed by atoms with E-state index in [1.165, 1.54) is 0 Å². The third kappa shape index (κ3) is 1.63. The number of likely N-dealkylation sites (N-methyl/N-ethyl adjacent to an activating group) is 1. The molecule has 0 unspecified atom stereocenters. The van der Waals surface area contributed by atoms with E-state index in [2.05, 4.69) is 23.9 Å². The molecule has 0 bridgehead atoms. The van der Waals surface area contributed by atoms with Gasteiger partial charge in [-0.2, -0.15) is 0 Å². The van der Waals surface area contributed by atoms with Crippen molar-refractivity contribution >= 4 is 16.9 Å². The Labute approximate surface area is 83.5 Å². The number of carbonyl (C=O) groups excluding carboxylic acids is 1. The second-order valence-corrected chi connectivity index (χ2v) is 5.50. The molecule has 0 aromatic rings. The molecule has 2 aliphatic heterocycles. The third-order valence-electron chi connectivity index (χ3n) is 3.13. The Bertz CT molecular complexity index is 224. The van der Waals surface area contributed by atoms with E-state index in [-0.39, 0.29) is 4.87 Å². The van der Waals surface area contributed by atoms with Crippen LogP contribution in [0, 0.1) is 0 Å². The highest BCUT2D eigenvalue weighted by Crippen LogP contribution is 2.43. The summed E-state index contributed by atoms with van der Waals surface area (Å²) in [7, 11) is 4.22. The molecule has 3 nitrogen and oxygen atoms in total. The lowest BCUT2D eigenvalue weighted by Crippen LogP contribution is -2.47. The molecule has 2 rings (SSSR count). The van der Waals surface area contributed by atoms with Gasteiger partial charge in [-0.1, -0.05) is 11.8 Å². The van der Waals surface area contributed by atoms with Crippen LogP contribution in [-0.4, -0.2) is 53.5 Å². The second kappa shape index (κ2) is 3.26. The molecular weight excluding hydrogens is 184 g/mol. The summed E-state index contributed by atoms with van der Waals surface area (Å²) in [5, 5.41) is 0.340. The van der Waals surface area contributed by atoms with Gasteiger partial charge in [0.25, 0.3) is 0 Å². The van der Waals surface area contributed by atoms with Crippen LogP contribution in [0.25, 0.3) is 0 Å². The fourth-order valence-corrected chi connectivity index (χ4v) is 3.40. The largest absolute Gasteiger partial charge is 0.306 e. The number of nitrogens with zero attached hydrogens (tertiary/aromatic N) is 2. The van der Waals surface area contributed by atoms with Gasteiger partial charge in [-0.25, -0.2) is 0 Å². The standard InChI is InChI=1S/C9H16N2OS/c1-10-5-3-9(4-6-10)11(2)7-8(12)13-9/h3-7H2,1-2H3. The summed E-state index contributed by atoms with van der Waals surface area (Å²) in [6, 6.07) is 0. The van der Waals surface area contributed by atoms with Crippen molar-refractivity contribution in [2.24, 2.45) is 0 Å². The second-order valence-electron chi connectivity index (χ2n) is 4.08. The van der Waals surface area contributed by atoms with Gasteiger partial charge in [-0.15, -0.1) is 0 Å². The Hall–Kier alpha value is -0.0600. The van der Waals surface area contributed by atoms with Gasteiger partial charge in [-0.3, -0.25) is 9.69 Å². The number of rotatable bonds is 0. The van der Waals surface area contributed by atoms with Crippen LogP contribution in [-0.2, 0) is 4.79 Å². The molecule has 0 aromatic carbocycles. The van der Waals surface area contributed by atoms with Crippen molar-refractivity contribution in [3.8, 4) is 0 Å². The molecule has 74 valence electrons. The van der Waals surface area contributed by atoms with Crippen LogP contribution < -0.4 is 0 Å². The Morgan fingerprint density at radius 2 is 1.92 bits per heavy atom. The van der Waals surface area contributed by atoms with Crippen molar-refractivity contribution in [2.75, 3.05) is 33.7 Å². The highest BCUT2D eigenvalue weighted by molar-refractivity contribution is 8.15.